The van der Waals surface area contributed by atoms with Crippen LogP contribution in [0.15, 0.2) is 29.2 Å². The second kappa shape index (κ2) is 6.14. The normalized spacial score (nSPS) is 17.2. The minimum absolute atomic E-state index is 0.113. The Morgan fingerprint density at radius 3 is 2.45 bits per heavy atom. The molecule has 2 N–H and O–H groups in total. The molecule has 0 aliphatic heterocycles. The molecule has 112 valence electrons. The smallest absolute Gasteiger partial charge is 0.242 e. The fourth-order valence-corrected chi connectivity index (χ4v) is 3.76. The van der Waals surface area contributed by atoms with E-state index in [1.54, 1.807) is 12.1 Å². The van der Waals surface area contributed by atoms with Crippen LogP contribution in [0.4, 0.5) is 5.69 Å². The monoisotopic (exact) mass is 296 g/mol. The highest BCUT2D eigenvalue weighted by Crippen LogP contribution is 2.36. The molecule has 1 unspecified atom stereocenters. The van der Waals surface area contributed by atoms with Crippen LogP contribution >= 0.6 is 0 Å². The van der Waals surface area contributed by atoms with Crippen LogP contribution in [-0.2, 0) is 10.0 Å². The Morgan fingerprint density at radius 1 is 1.20 bits per heavy atom. The molecular weight excluding hydrogens is 272 g/mol. The van der Waals surface area contributed by atoms with Crippen LogP contribution in [0, 0.1) is 11.8 Å². The molecule has 1 atom stereocenters. The van der Waals surface area contributed by atoms with Gasteiger partial charge in [-0.15, -0.1) is 0 Å². The van der Waals surface area contributed by atoms with Crippen molar-refractivity contribution in [2.75, 3.05) is 11.9 Å². The maximum atomic E-state index is 12.3. The molecule has 2 rings (SSSR count). The molecule has 0 amide bonds. The standard InChI is InChI=1S/C15H24N2O2S/c1-11(2)17-20(18,19)15-7-5-4-6-14(15)16-10-12(3)13-8-9-13/h4-7,11-13,16-17H,8-10H2,1-3H3. The number of sulfonamides is 1. The zero-order valence-corrected chi connectivity index (χ0v) is 13.2. The van der Waals surface area contributed by atoms with Gasteiger partial charge in [0.2, 0.25) is 10.0 Å². The van der Waals surface area contributed by atoms with Crippen LogP contribution in [0.3, 0.4) is 0 Å². The third-order valence-corrected chi connectivity index (χ3v) is 5.33. The summed E-state index contributed by atoms with van der Waals surface area (Å²) in [6.45, 7) is 6.68. The Bertz CT molecular complexity index is 551. The van der Waals surface area contributed by atoms with Gasteiger partial charge in [0.25, 0.3) is 0 Å². The number of hydrogen-bond acceptors (Lipinski definition) is 3. The molecule has 0 radical (unpaired) electrons. The number of anilines is 1. The summed E-state index contributed by atoms with van der Waals surface area (Å²) in [6.07, 6.45) is 2.61. The number of hydrogen-bond donors (Lipinski definition) is 2. The Morgan fingerprint density at radius 2 is 1.85 bits per heavy atom. The van der Waals surface area contributed by atoms with Gasteiger partial charge in [0.05, 0.1) is 5.69 Å². The zero-order chi connectivity index (χ0) is 14.8. The van der Waals surface area contributed by atoms with Gasteiger partial charge in [-0.25, -0.2) is 13.1 Å². The predicted molar refractivity (Wildman–Crippen MR) is 82.3 cm³/mol. The number of para-hydroxylation sites is 1. The fraction of sp³-hybridized carbons (Fsp3) is 0.600. The lowest BCUT2D eigenvalue weighted by atomic mass is 10.1. The highest BCUT2D eigenvalue weighted by Gasteiger charge is 2.28. The van der Waals surface area contributed by atoms with E-state index >= 15 is 0 Å². The van der Waals surface area contributed by atoms with Gasteiger partial charge in [0.15, 0.2) is 0 Å². The molecule has 0 heterocycles. The van der Waals surface area contributed by atoms with E-state index in [2.05, 4.69) is 17.0 Å². The molecule has 1 aliphatic rings. The van der Waals surface area contributed by atoms with Crippen molar-refractivity contribution in [2.24, 2.45) is 11.8 Å². The first-order chi connectivity index (χ1) is 9.40. The van der Waals surface area contributed by atoms with Crippen molar-refractivity contribution in [3.05, 3.63) is 24.3 Å². The summed E-state index contributed by atoms with van der Waals surface area (Å²) >= 11 is 0. The molecule has 1 aromatic rings. The first-order valence-corrected chi connectivity index (χ1v) is 8.73. The zero-order valence-electron chi connectivity index (χ0n) is 12.4. The van der Waals surface area contributed by atoms with Crippen molar-refractivity contribution in [3.63, 3.8) is 0 Å². The molecule has 0 saturated heterocycles. The van der Waals surface area contributed by atoms with Crippen molar-refractivity contribution in [1.29, 1.82) is 0 Å². The third-order valence-electron chi connectivity index (χ3n) is 3.61. The van der Waals surface area contributed by atoms with E-state index in [-0.39, 0.29) is 6.04 Å². The minimum atomic E-state index is -3.46. The van der Waals surface area contributed by atoms with Crippen LogP contribution in [0.5, 0.6) is 0 Å². The molecule has 4 nitrogen and oxygen atoms in total. The van der Waals surface area contributed by atoms with Gasteiger partial charge in [-0.3, -0.25) is 0 Å². The van der Waals surface area contributed by atoms with Crippen molar-refractivity contribution in [1.82, 2.24) is 4.72 Å². The molecule has 0 spiro atoms. The molecule has 1 fully saturated rings. The molecule has 1 aromatic carbocycles. The van der Waals surface area contributed by atoms with E-state index in [1.165, 1.54) is 12.8 Å². The van der Waals surface area contributed by atoms with Gasteiger partial charge in [-0.2, -0.15) is 0 Å². The van der Waals surface area contributed by atoms with Gasteiger partial charge in [-0.05, 0) is 50.7 Å². The summed E-state index contributed by atoms with van der Waals surface area (Å²) in [4.78, 5) is 0.330. The average molecular weight is 296 g/mol. The van der Waals surface area contributed by atoms with E-state index in [0.29, 0.717) is 16.5 Å². The number of benzene rings is 1. The van der Waals surface area contributed by atoms with Gasteiger partial charge < -0.3 is 5.32 Å². The van der Waals surface area contributed by atoms with E-state index < -0.39 is 10.0 Å². The molecule has 5 heteroatoms. The van der Waals surface area contributed by atoms with Crippen molar-refractivity contribution in [3.8, 4) is 0 Å². The van der Waals surface area contributed by atoms with Crippen LogP contribution in [0.2, 0.25) is 0 Å². The van der Waals surface area contributed by atoms with Crippen LogP contribution in [-0.4, -0.2) is 21.0 Å². The molecule has 0 bridgehead atoms. The maximum absolute atomic E-state index is 12.3. The van der Waals surface area contributed by atoms with E-state index in [1.807, 2.05) is 26.0 Å². The minimum Gasteiger partial charge on any atom is -0.384 e. The fourth-order valence-electron chi connectivity index (χ4n) is 2.32. The van der Waals surface area contributed by atoms with Crippen molar-refractivity contribution >= 4 is 15.7 Å². The van der Waals surface area contributed by atoms with Gasteiger partial charge in [0.1, 0.15) is 4.90 Å². The second-order valence-corrected chi connectivity index (χ2v) is 7.65. The maximum Gasteiger partial charge on any atom is 0.242 e. The lowest BCUT2D eigenvalue weighted by Gasteiger charge is -2.17. The van der Waals surface area contributed by atoms with Crippen molar-refractivity contribution in [2.45, 2.75) is 44.6 Å². The largest absolute Gasteiger partial charge is 0.384 e. The highest BCUT2D eigenvalue weighted by molar-refractivity contribution is 7.89. The first-order valence-electron chi connectivity index (χ1n) is 7.25. The average Bonchev–Trinajstić information content (AvgIpc) is 3.19. The second-order valence-electron chi connectivity index (χ2n) is 5.97. The van der Waals surface area contributed by atoms with Gasteiger partial charge in [-0.1, -0.05) is 19.1 Å². The number of rotatable bonds is 7. The Hall–Kier alpha value is -1.07. The summed E-state index contributed by atoms with van der Waals surface area (Å²) in [6, 6.07) is 6.98. The predicted octanol–water partition coefficient (Wildman–Crippen LogP) is 2.83. The Labute approximate surface area is 122 Å². The van der Waals surface area contributed by atoms with Crippen molar-refractivity contribution < 1.29 is 8.42 Å². The molecule has 20 heavy (non-hydrogen) atoms. The summed E-state index contributed by atoms with van der Waals surface area (Å²) in [5.41, 5.74) is 0.688. The summed E-state index contributed by atoms with van der Waals surface area (Å²) in [5, 5.41) is 3.29. The number of nitrogens with one attached hydrogen (secondary N) is 2. The Balaban J connectivity index is 2.12. The third kappa shape index (κ3) is 3.96. The summed E-state index contributed by atoms with van der Waals surface area (Å²) in [5.74, 6) is 1.39. The van der Waals surface area contributed by atoms with Crippen LogP contribution in [0.1, 0.15) is 33.6 Å². The van der Waals surface area contributed by atoms with E-state index in [0.717, 1.165) is 12.5 Å². The van der Waals surface area contributed by atoms with E-state index in [4.69, 9.17) is 0 Å². The molecule has 1 saturated carbocycles. The lowest BCUT2D eigenvalue weighted by Crippen LogP contribution is -2.31. The first kappa shape index (κ1) is 15.3. The summed E-state index contributed by atoms with van der Waals surface area (Å²) in [7, 11) is -3.46. The van der Waals surface area contributed by atoms with Gasteiger partial charge >= 0.3 is 0 Å². The van der Waals surface area contributed by atoms with Gasteiger partial charge in [0, 0.05) is 12.6 Å². The SMILES string of the molecule is CC(C)NS(=O)(=O)c1ccccc1NCC(C)C1CC1. The van der Waals surface area contributed by atoms with Crippen LogP contribution in [0.25, 0.3) is 0 Å². The topological polar surface area (TPSA) is 58.2 Å². The van der Waals surface area contributed by atoms with E-state index in [9.17, 15) is 8.42 Å². The molecule has 1 aliphatic carbocycles. The molecular formula is C15H24N2O2S. The van der Waals surface area contributed by atoms with Crippen LogP contribution < -0.4 is 10.0 Å². The molecule has 0 aromatic heterocycles. The highest BCUT2D eigenvalue weighted by atomic mass is 32.2. The lowest BCUT2D eigenvalue weighted by molar-refractivity contribution is 0.535. The quantitative estimate of drug-likeness (QED) is 0.813. The summed E-state index contributed by atoms with van der Waals surface area (Å²) < 4.78 is 27.2. The Kier molecular flexibility index (Phi) is 4.70.